The molecular formula is C7H9O3. The van der Waals surface area contributed by atoms with E-state index < -0.39 is 17.6 Å². The highest BCUT2D eigenvalue weighted by Crippen LogP contribution is 2.21. The van der Waals surface area contributed by atoms with E-state index in [4.69, 9.17) is 4.74 Å². The van der Waals surface area contributed by atoms with Gasteiger partial charge in [-0.25, -0.2) is 0 Å². The number of hydrogen-bond donors (Lipinski definition) is 0. The lowest BCUT2D eigenvalue weighted by Gasteiger charge is -2.01. The van der Waals surface area contributed by atoms with E-state index >= 15 is 0 Å². The van der Waals surface area contributed by atoms with E-state index in [0.29, 0.717) is 12.2 Å². The monoisotopic (exact) mass is 141 g/mol. The van der Waals surface area contributed by atoms with Crippen LogP contribution >= 0.6 is 0 Å². The largest absolute Gasteiger partial charge is 0.483 e. The van der Waals surface area contributed by atoms with Crippen LogP contribution in [0.3, 0.4) is 0 Å². The topological polar surface area (TPSA) is 46.2 Å². The van der Waals surface area contributed by atoms with Crippen LogP contribution in [0.5, 0.6) is 0 Å². The van der Waals surface area contributed by atoms with Gasteiger partial charge >= 0.3 is 0 Å². The maximum Gasteiger partial charge on any atom is 0.262 e. The molecule has 1 radical (unpaired) electrons. The Kier molecular flexibility index (Phi) is 1.66. The minimum atomic E-state index is -0.553. The van der Waals surface area contributed by atoms with Gasteiger partial charge in [-0.1, -0.05) is 6.92 Å². The molecule has 0 amide bonds. The molecule has 0 aromatic rings. The molecule has 0 saturated heterocycles. The molecule has 0 bridgehead atoms. The Balaban J connectivity index is 2.83. The Morgan fingerprint density at radius 2 is 2.20 bits per heavy atom. The van der Waals surface area contributed by atoms with Crippen molar-refractivity contribution in [3.63, 3.8) is 0 Å². The molecule has 0 saturated carbocycles. The number of carbonyl (C=O) groups is 1. The van der Waals surface area contributed by atoms with Crippen molar-refractivity contribution in [2.24, 2.45) is 0 Å². The SMILES string of the molecule is CCC1=C([O])C(=O)C(C)O1. The molecule has 10 heavy (non-hydrogen) atoms. The molecule has 3 nitrogen and oxygen atoms in total. The summed E-state index contributed by atoms with van der Waals surface area (Å²) in [6.07, 6.45) is -0.0444. The van der Waals surface area contributed by atoms with Crippen molar-refractivity contribution >= 4 is 5.78 Å². The molecule has 0 aromatic heterocycles. The molecule has 55 valence electrons. The summed E-state index contributed by atoms with van der Waals surface area (Å²) in [5.41, 5.74) is 0. The maximum absolute atomic E-state index is 10.8. The van der Waals surface area contributed by atoms with Gasteiger partial charge < -0.3 is 4.74 Å². The number of rotatable bonds is 1. The number of ketones is 1. The van der Waals surface area contributed by atoms with E-state index in [1.807, 2.05) is 0 Å². The fourth-order valence-electron chi connectivity index (χ4n) is 0.886. The standard InChI is InChI=1S/C7H9O3/c1-3-5-7(9)6(8)4(2)10-5/h4H,3H2,1-2H3. The van der Waals surface area contributed by atoms with Crippen LogP contribution in [-0.2, 0) is 14.6 Å². The van der Waals surface area contributed by atoms with Crippen LogP contribution in [0.25, 0.3) is 0 Å². The Bertz CT molecular complexity index is 193. The third-order valence-corrected chi connectivity index (χ3v) is 1.49. The molecule has 1 heterocycles. The quantitative estimate of drug-likeness (QED) is 0.547. The van der Waals surface area contributed by atoms with Gasteiger partial charge in [0.15, 0.2) is 6.10 Å². The maximum atomic E-state index is 10.8. The average Bonchev–Trinajstić information content (AvgIpc) is 2.17. The fraction of sp³-hybridized carbons (Fsp3) is 0.571. The van der Waals surface area contributed by atoms with Gasteiger partial charge in [-0.2, -0.15) is 0 Å². The predicted octanol–water partition coefficient (Wildman–Crippen LogP) is 1.03. The average molecular weight is 141 g/mol. The van der Waals surface area contributed by atoms with Crippen LogP contribution in [0, 0.1) is 0 Å². The molecule has 1 aliphatic rings. The first-order valence-electron chi connectivity index (χ1n) is 3.27. The van der Waals surface area contributed by atoms with E-state index in [1.165, 1.54) is 0 Å². The molecule has 0 spiro atoms. The molecule has 1 aliphatic heterocycles. The van der Waals surface area contributed by atoms with Gasteiger partial charge in [0.2, 0.25) is 5.78 Å². The molecule has 1 atom stereocenters. The van der Waals surface area contributed by atoms with Gasteiger partial charge in [0.25, 0.3) is 5.76 Å². The second-order valence-electron chi connectivity index (χ2n) is 2.23. The Hall–Kier alpha value is -0.990. The molecule has 3 heteroatoms. The minimum absolute atomic E-state index is 0.303. The van der Waals surface area contributed by atoms with Crippen molar-refractivity contribution < 1.29 is 14.6 Å². The third-order valence-electron chi connectivity index (χ3n) is 1.49. The van der Waals surface area contributed by atoms with E-state index in [1.54, 1.807) is 13.8 Å². The predicted molar refractivity (Wildman–Crippen MR) is 33.6 cm³/mol. The lowest BCUT2D eigenvalue weighted by atomic mass is 10.2. The number of hydrogen-bond acceptors (Lipinski definition) is 2. The Morgan fingerprint density at radius 3 is 2.40 bits per heavy atom. The van der Waals surface area contributed by atoms with Crippen LogP contribution in [0.2, 0.25) is 0 Å². The van der Waals surface area contributed by atoms with Crippen molar-refractivity contribution in [1.82, 2.24) is 0 Å². The van der Waals surface area contributed by atoms with Gasteiger partial charge in [0.1, 0.15) is 5.76 Å². The zero-order chi connectivity index (χ0) is 7.72. The first-order chi connectivity index (χ1) is 4.66. The minimum Gasteiger partial charge on any atom is -0.483 e. The summed E-state index contributed by atoms with van der Waals surface area (Å²) >= 11 is 0. The first-order valence-corrected chi connectivity index (χ1v) is 3.27. The highest BCUT2D eigenvalue weighted by molar-refractivity contribution is 5.98. The summed E-state index contributed by atoms with van der Waals surface area (Å²) in [4.78, 5) is 10.8. The summed E-state index contributed by atoms with van der Waals surface area (Å²) in [5, 5.41) is 10.8. The number of Topliss-reactive ketones (excluding diaryl/α,β-unsaturated/α-hetero) is 1. The van der Waals surface area contributed by atoms with E-state index in [0.717, 1.165) is 0 Å². The number of ether oxygens (including phenoxy) is 1. The van der Waals surface area contributed by atoms with Crippen molar-refractivity contribution in [3.8, 4) is 0 Å². The van der Waals surface area contributed by atoms with Gasteiger partial charge in [0, 0.05) is 6.42 Å². The van der Waals surface area contributed by atoms with Crippen LogP contribution in [0.4, 0.5) is 0 Å². The Labute approximate surface area is 59.3 Å². The summed E-state index contributed by atoms with van der Waals surface area (Å²) < 4.78 is 4.95. The Morgan fingerprint density at radius 1 is 1.60 bits per heavy atom. The first kappa shape index (κ1) is 7.12. The van der Waals surface area contributed by atoms with Gasteiger partial charge in [0.05, 0.1) is 0 Å². The molecule has 0 N–H and O–H groups in total. The van der Waals surface area contributed by atoms with Gasteiger partial charge in [-0.05, 0) is 6.92 Å². The van der Waals surface area contributed by atoms with E-state index in [2.05, 4.69) is 0 Å². The van der Waals surface area contributed by atoms with Gasteiger partial charge in [-0.3, -0.25) is 9.90 Å². The molecule has 0 aromatic carbocycles. The smallest absolute Gasteiger partial charge is 0.262 e. The molecule has 0 aliphatic carbocycles. The summed E-state index contributed by atoms with van der Waals surface area (Å²) in [5.74, 6) is -0.565. The van der Waals surface area contributed by atoms with Crippen molar-refractivity contribution in [1.29, 1.82) is 0 Å². The fourth-order valence-corrected chi connectivity index (χ4v) is 0.886. The molecule has 1 rings (SSSR count). The third kappa shape index (κ3) is 0.875. The van der Waals surface area contributed by atoms with Crippen LogP contribution in [0.1, 0.15) is 20.3 Å². The van der Waals surface area contributed by atoms with E-state index in [-0.39, 0.29) is 0 Å². The van der Waals surface area contributed by atoms with Crippen molar-refractivity contribution in [2.45, 2.75) is 26.4 Å². The lowest BCUT2D eigenvalue weighted by Crippen LogP contribution is -2.12. The van der Waals surface area contributed by atoms with E-state index in [9.17, 15) is 9.90 Å². The highest BCUT2D eigenvalue weighted by atomic mass is 16.5. The zero-order valence-corrected chi connectivity index (χ0v) is 6.01. The van der Waals surface area contributed by atoms with Crippen molar-refractivity contribution in [2.75, 3.05) is 0 Å². The summed E-state index contributed by atoms with van der Waals surface area (Å²) in [7, 11) is 0. The lowest BCUT2D eigenvalue weighted by molar-refractivity contribution is -0.123. The zero-order valence-electron chi connectivity index (χ0n) is 6.01. The molecule has 1 unspecified atom stereocenters. The van der Waals surface area contributed by atoms with Crippen molar-refractivity contribution in [3.05, 3.63) is 11.5 Å². The molecule has 0 fully saturated rings. The van der Waals surface area contributed by atoms with Crippen LogP contribution in [0.15, 0.2) is 11.5 Å². The normalized spacial score (nSPS) is 25.4. The number of allylic oxidation sites excluding steroid dienone is 1. The van der Waals surface area contributed by atoms with Crippen LogP contribution < -0.4 is 0 Å². The summed E-state index contributed by atoms with van der Waals surface area (Å²) in [6, 6.07) is 0. The van der Waals surface area contributed by atoms with Gasteiger partial charge in [-0.15, -0.1) is 0 Å². The summed E-state index contributed by atoms with van der Waals surface area (Å²) in [6.45, 7) is 3.38. The highest BCUT2D eigenvalue weighted by Gasteiger charge is 2.32. The second kappa shape index (κ2) is 2.33. The molecular weight excluding hydrogens is 132 g/mol. The number of carbonyl (C=O) groups excluding carboxylic acids is 1. The van der Waals surface area contributed by atoms with Crippen LogP contribution in [-0.4, -0.2) is 11.9 Å². The second-order valence-corrected chi connectivity index (χ2v) is 2.23.